The highest BCUT2D eigenvalue weighted by Crippen LogP contribution is 2.31. The second kappa shape index (κ2) is 11.0. The Morgan fingerprint density at radius 1 is 1.00 bits per heavy atom. The summed E-state index contributed by atoms with van der Waals surface area (Å²) in [6.07, 6.45) is 16.0. The van der Waals surface area contributed by atoms with Gasteiger partial charge in [-0.2, -0.15) is 0 Å². The van der Waals surface area contributed by atoms with Crippen molar-refractivity contribution in [1.82, 2.24) is 0 Å². The van der Waals surface area contributed by atoms with E-state index in [0.29, 0.717) is 0 Å². The Hall–Kier alpha value is -0.760. The molecule has 1 atom stereocenters. The highest BCUT2D eigenvalue weighted by Gasteiger charge is 2.20. The first-order valence-electron chi connectivity index (χ1n) is 8.49. The van der Waals surface area contributed by atoms with Gasteiger partial charge in [0.1, 0.15) is 5.76 Å². The molecule has 0 saturated carbocycles. The van der Waals surface area contributed by atoms with Crippen LogP contribution in [0.2, 0.25) is 0 Å². The number of aliphatic hydroxyl groups excluding tert-OH is 1. The van der Waals surface area contributed by atoms with Gasteiger partial charge in [0.05, 0.1) is 6.10 Å². The maximum atomic E-state index is 9.91. The van der Waals surface area contributed by atoms with E-state index in [4.69, 9.17) is 4.74 Å². The van der Waals surface area contributed by atoms with Crippen molar-refractivity contribution < 1.29 is 9.84 Å². The number of rotatable bonds is 14. The summed E-state index contributed by atoms with van der Waals surface area (Å²) >= 11 is 0. The fourth-order valence-electron chi connectivity index (χ4n) is 2.58. The van der Waals surface area contributed by atoms with E-state index >= 15 is 0 Å². The van der Waals surface area contributed by atoms with Crippen LogP contribution in [0.5, 0.6) is 0 Å². The number of allylic oxidation sites excluding steroid dienone is 2. The van der Waals surface area contributed by atoms with Crippen molar-refractivity contribution in [3.63, 3.8) is 0 Å². The van der Waals surface area contributed by atoms with Gasteiger partial charge in [-0.3, -0.25) is 0 Å². The lowest BCUT2D eigenvalue weighted by molar-refractivity contribution is 0.147. The van der Waals surface area contributed by atoms with Gasteiger partial charge in [-0.15, -0.1) is 0 Å². The van der Waals surface area contributed by atoms with E-state index in [1.807, 2.05) is 0 Å². The molecule has 1 aliphatic rings. The molecule has 0 radical (unpaired) electrons. The molecule has 20 heavy (non-hydrogen) atoms. The second-order valence-electron chi connectivity index (χ2n) is 5.90. The molecule has 0 aromatic heterocycles. The molecule has 1 unspecified atom stereocenters. The SMILES string of the molecule is C=CC1=C(CCCCC(O)CCCCCCCCC)O1. The topological polar surface area (TPSA) is 32.8 Å². The maximum Gasteiger partial charge on any atom is 0.164 e. The zero-order valence-corrected chi connectivity index (χ0v) is 13.2. The summed E-state index contributed by atoms with van der Waals surface area (Å²) in [4.78, 5) is 0. The van der Waals surface area contributed by atoms with E-state index < -0.39 is 0 Å². The Kier molecular flexibility index (Phi) is 9.48. The minimum atomic E-state index is -0.0985. The minimum absolute atomic E-state index is 0.0985. The number of hydrogen-bond acceptors (Lipinski definition) is 2. The van der Waals surface area contributed by atoms with Crippen LogP contribution in [-0.4, -0.2) is 11.2 Å². The normalized spacial score (nSPS) is 15.1. The van der Waals surface area contributed by atoms with E-state index in [1.54, 1.807) is 6.08 Å². The van der Waals surface area contributed by atoms with Gasteiger partial charge in [0, 0.05) is 6.42 Å². The molecule has 0 aromatic carbocycles. The summed E-state index contributed by atoms with van der Waals surface area (Å²) in [6, 6.07) is 0. The summed E-state index contributed by atoms with van der Waals surface area (Å²) in [7, 11) is 0. The lowest BCUT2D eigenvalue weighted by Crippen LogP contribution is -2.05. The molecule has 0 fully saturated rings. The van der Waals surface area contributed by atoms with Crippen LogP contribution in [0.3, 0.4) is 0 Å². The van der Waals surface area contributed by atoms with Crippen molar-refractivity contribution in [3.8, 4) is 0 Å². The molecule has 0 bridgehead atoms. The van der Waals surface area contributed by atoms with E-state index in [1.165, 1.54) is 44.9 Å². The van der Waals surface area contributed by atoms with Gasteiger partial charge in [-0.1, -0.05) is 64.9 Å². The van der Waals surface area contributed by atoms with Crippen LogP contribution >= 0.6 is 0 Å². The van der Waals surface area contributed by atoms with Gasteiger partial charge in [-0.25, -0.2) is 0 Å². The molecule has 0 spiro atoms. The summed E-state index contributed by atoms with van der Waals surface area (Å²) in [5.74, 6) is 2.06. The average molecular weight is 280 g/mol. The molecule has 1 aliphatic heterocycles. The molecule has 2 nitrogen and oxygen atoms in total. The van der Waals surface area contributed by atoms with Crippen LogP contribution in [0.15, 0.2) is 24.2 Å². The molecular weight excluding hydrogens is 248 g/mol. The smallest absolute Gasteiger partial charge is 0.164 e. The number of ether oxygens (including phenoxy) is 1. The summed E-state index contributed by atoms with van der Waals surface area (Å²) in [5.41, 5.74) is 0. The minimum Gasteiger partial charge on any atom is -0.454 e. The third kappa shape index (κ3) is 8.42. The molecule has 1 rings (SSSR count). The van der Waals surface area contributed by atoms with Gasteiger partial charge in [0.2, 0.25) is 0 Å². The highest BCUT2D eigenvalue weighted by atomic mass is 16.6. The van der Waals surface area contributed by atoms with Crippen LogP contribution in [0, 0.1) is 0 Å². The lowest BCUT2D eigenvalue weighted by atomic mass is 10.0. The second-order valence-corrected chi connectivity index (χ2v) is 5.90. The number of unbranched alkanes of at least 4 members (excludes halogenated alkanes) is 7. The van der Waals surface area contributed by atoms with E-state index in [-0.39, 0.29) is 6.10 Å². The lowest BCUT2D eigenvalue weighted by Gasteiger charge is -2.09. The monoisotopic (exact) mass is 280 g/mol. The Labute approximate surface area is 124 Å². The fraction of sp³-hybridized carbons (Fsp3) is 0.778. The van der Waals surface area contributed by atoms with Crippen molar-refractivity contribution in [1.29, 1.82) is 0 Å². The van der Waals surface area contributed by atoms with Crippen LogP contribution in [-0.2, 0) is 4.74 Å². The Morgan fingerprint density at radius 2 is 1.60 bits per heavy atom. The molecule has 1 heterocycles. The molecule has 0 saturated heterocycles. The Bertz CT molecular complexity index is 294. The standard InChI is InChI=1S/C18H32O2/c1-3-5-6-7-8-9-10-13-16(19)14-11-12-15-18-17(4-2)20-18/h4,16,19H,2-3,5-15H2,1H3. The van der Waals surface area contributed by atoms with E-state index in [9.17, 15) is 5.11 Å². The third-order valence-electron chi connectivity index (χ3n) is 3.98. The quantitative estimate of drug-likeness (QED) is 0.428. The molecule has 2 heteroatoms. The van der Waals surface area contributed by atoms with Crippen molar-refractivity contribution in [2.75, 3.05) is 0 Å². The first-order valence-corrected chi connectivity index (χ1v) is 8.49. The maximum absolute atomic E-state index is 9.91. The molecule has 0 amide bonds. The van der Waals surface area contributed by atoms with Crippen LogP contribution < -0.4 is 0 Å². The molecule has 116 valence electrons. The highest BCUT2D eigenvalue weighted by molar-refractivity contribution is 5.27. The molecular formula is C18H32O2. The van der Waals surface area contributed by atoms with Crippen LogP contribution in [0.25, 0.3) is 0 Å². The summed E-state index contributed by atoms with van der Waals surface area (Å²) < 4.78 is 5.25. The van der Waals surface area contributed by atoms with E-state index in [0.717, 1.165) is 43.6 Å². The number of hydrogen-bond donors (Lipinski definition) is 1. The molecule has 0 aliphatic carbocycles. The van der Waals surface area contributed by atoms with Crippen LogP contribution in [0.1, 0.15) is 84.0 Å². The van der Waals surface area contributed by atoms with Crippen molar-refractivity contribution >= 4 is 0 Å². The van der Waals surface area contributed by atoms with Gasteiger partial charge < -0.3 is 9.84 Å². The zero-order chi connectivity index (χ0) is 14.6. The Balaban J connectivity index is 1.82. The summed E-state index contributed by atoms with van der Waals surface area (Å²) in [5, 5.41) is 9.91. The van der Waals surface area contributed by atoms with Crippen molar-refractivity contribution in [2.45, 2.75) is 90.1 Å². The van der Waals surface area contributed by atoms with Crippen molar-refractivity contribution in [3.05, 3.63) is 24.2 Å². The first kappa shape index (κ1) is 17.3. The first-order chi connectivity index (χ1) is 9.77. The third-order valence-corrected chi connectivity index (χ3v) is 3.98. The average Bonchev–Trinajstić information content (AvgIpc) is 3.21. The largest absolute Gasteiger partial charge is 0.454 e. The predicted octanol–water partition coefficient (Wildman–Crippen LogP) is 5.48. The fourth-order valence-corrected chi connectivity index (χ4v) is 2.58. The molecule has 1 N–H and O–H groups in total. The van der Waals surface area contributed by atoms with Gasteiger partial charge >= 0.3 is 0 Å². The van der Waals surface area contributed by atoms with Crippen LogP contribution in [0.4, 0.5) is 0 Å². The van der Waals surface area contributed by atoms with Gasteiger partial charge in [-0.05, 0) is 25.3 Å². The van der Waals surface area contributed by atoms with Gasteiger partial charge in [0.25, 0.3) is 0 Å². The zero-order valence-electron chi connectivity index (χ0n) is 13.2. The molecule has 0 aromatic rings. The number of aliphatic hydroxyl groups is 1. The van der Waals surface area contributed by atoms with Gasteiger partial charge in [0.15, 0.2) is 5.76 Å². The Morgan fingerprint density at radius 3 is 2.20 bits per heavy atom. The van der Waals surface area contributed by atoms with Crippen molar-refractivity contribution in [2.24, 2.45) is 0 Å². The summed E-state index contributed by atoms with van der Waals surface area (Å²) in [6.45, 7) is 5.92. The van der Waals surface area contributed by atoms with E-state index in [2.05, 4.69) is 13.5 Å². The predicted molar refractivity (Wildman–Crippen MR) is 85.4 cm³/mol.